The predicted molar refractivity (Wildman–Crippen MR) is 69.7 cm³/mol. The Bertz CT molecular complexity index is 534. The molecular weight excluding hydrogens is 269 g/mol. The number of nitrogens with one attached hydrogen (secondary N) is 1. The fourth-order valence-electron chi connectivity index (χ4n) is 2.40. The van der Waals surface area contributed by atoms with Crippen molar-refractivity contribution >= 4 is 10.0 Å². The van der Waals surface area contributed by atoms with E-state index in [2.05, 4.69) is 10.3 Å². The van der Waals surface area contributed by atoms with Crippen LogP contribution in [0.15, 0.2) is 23.4 Å². The fourth-order valence-corrected chi connectivity index (χ4v) is 4.07. The topological polar surface area (TPSA) is 62.3 Å². The Kier molecular flexibility index (Phi) is 4.49. The number of hydrogen-bond acceptors (Lipinski definition) is 4. The van der Waals surface area contributed by atoms with E-state index in [0.29, 0.717) is 13.1 Å². The number of hydrogen-bond donors (Lipinski definition) is 1. The smallest absolute Gasteiger partial charge is 0.245 e. The first-order valence-corrected chi connectivity index (χ1v) is 7.76. The lowest BCUT2D eigenvalue weighted by Crippen LogP contribution is -2.47. The molecule has 1 N–H and O–H groups in total. The molecule has 0 bridgehead atoms. The van der Waals surface area contributed by atoms with E-state index in [1.165, 1.54) is 10.5 Å². The van der Waals surface area contributed by atoms with Crippen LogP contribution in [0.4, 0.5) is 4.39 Å². The molecule has 0 aliphatic carbocycles. The van der Waals surface area contributed by atoms with Gasteiger partial charge in [-0.15, -0.1) is 0 Å². The van der Waals surface area contributed by atoms with Crippen LogP contribution < -0.4 is 5.32 Å². The van der Waals surface area contributed by atoms with Crippen molar-refractivity contribution in [2.24, 2.45) is 0 Å². The van der Waals surface area contributed by atoms with Crippen LogP contribution in [0.1, 0.15) is 19.3 Å². The van der Waals surface area contributed by atoms with Crippen molar-refractivity contribution in [3.8, 4) is 0 Å². The first-order valence-electron chi connectivity index (χ1n) is 6.32. The normalized spacial score (nSPS) is 21.5. The standard InChI is InChI=1S/C12H18FN3O2S/c1-14-8-11-4-2-3-5-16(11)19(17,18)12-6-10(13)7-15-9-12/h6-7,9,11,14H,2-5,8H2,1H3. The second-order valence-electron chi connectivity index (χ2n) is 4.66. The lowest BCUT2D eigenvalue weighted by molar-refractivity contribution is 0.249. The highest BCUT2D eigenvalue weighted by atomic mass is 32.2. The Morgan fingerprint density at radius 1 is 1.47 bits per heavy atom. The van der Waals surface area contributed by atoms with Gasteiger partial charge < -0.3 is 5.32 Å². The summed E-state index contributed by atoms with van der Waals surface area (Å²) in [5.41, 5.74) is 0. The van der Waals surface area contributed by atoms with E-state index in [-0.39, 0.29) is 10.9 Å². The van der Waals surface area contributed by atoms with Gasteiger partial charge in [-0.1, -0.05) is 6.42 Å². The van der Waals surface area contributed by atoms with Gasteiger partial charge in [0.2, 0.25) is 10.0 Å². The third-order valence-corrected chi connectivity index (χ3v) is 5.22. The number of rotatable bonds is 4. The Labute approximate surface area is 112 Å². The van der Waals surface area contributed by atoms with Gasteiger partial charge in [0.15, 0.2) is 0 Å². The van der Waals surface area contributed by atoms with Crippen molar-refractivity contribution in [2.75, 3.05) is 20.1 Å². The zero-order valence-corrected chi connectivity index (χ0v) is 11.7. The molecule has 1 atom stereocenters. The molecule has 2 heterocycles. The van der Waals surface area contributed by atoms with Crippen LogP contribution in [-0.2, 0) is 10.0 Å². The monoisotopic (exact) mass is 287 g/mol. The predicted octanol–water partition coefficient (Wildman–Crippen LogP) is 0.983. The minimum Gasteiger partial charge on any atom is -0.318 e. The summed E-state index contributed by atoms with van der Waals surface area (Å²) >= 11 is 0. The van der Waals surface area contributed by atoms with Crippen LogP contribution in [0, 0.1) is 5.82 Å². The molecule has 0 saturated carbocycles. The van der Waals surface area contributed by atoms with E-state index in [1.807, 2.05) is 0 Å². The Morgan fingerprint density at radius 2 is 2.26 bits per heavy atom. The van der Waals surface area contributed by atoms with E-state index in [9.17, 15) is 12.8 Å². The summed E-state index contributed by atoms with van der Waals surface area (Å²) in [5, 5.41) is 3.01. The molecule has 0 radical (unpaired) electrons. The van der Waals surface area contributed by atoms with Crippen LogP contribution >= 0.6 is 0 Å². The summed E-state index contributed by atoms with van der Waals surface area (Å²) in [4.78, 5) is 3.55. The molecule has 1 unspecified atom stereocenters. The molecule has 1 saturated heterocycles. The summed E-state index contributed by atoms with van der Waals surface area (Å²) in [5.74, 6) is -0.636. The van der Waals surface area contributed by atoms with Crippen molar-refractivity contribution in [3.63, 3.8) is 0 Å². The first kappa shape index (κ1) is 14.4. The highest BCUT2D eigenvalue weighted by Crippen LogP contribution is 2.24. The van der Waals surface area contributed by atoms with Crippen LogP contribution in [-0.4, -0.2) is 43.9 Å². The maximum absolute atomic E-state index is 13.2. The lowest BCUT2D eigenvalue weighted by Gasteiger charge is -2.34. The second kappa shape index (κ2) is 5.94. The molecule has 1 fully saturated rings. The zero-order valence-electron chi connectivity index (χ0n) is 10.8. The fraction of sp³-hybridized carbons (Fsp3) is 0.583. The van der Waals surface area contributed by atoms with Crippen LogP contribution in [0.25, 0.3) is 0 Å². The van der Waals surface area contributed by atoms with Crippen LogP contribution in [0.5, 0.6) is 0 Å². The number of nitrogens with zero attached hydrogens (tertiary/aromatic N) is 2. The number of pyridine rings is 1. The van der Waals surface area contributed by atoms with Gasteiger partial charge in [-0.25, -0.2) is 12.8 Å². The van der Waals surface area contributed by atoms with Crippen LogP contribution in [0.2, 0.25) is 0 Å². The van der Waals surface area contributed by atoms with E-state index in [1.54, 1.807) is 7.05 Å². The molecule has 7 heteroatoms. The van der Waals surface area contributed by atoms with Gasteiger partial charge >= 0.3 is 0 Å². The van der Waals surface area contributed by atoms with Gasteiger partial charge in [0.25, 0.3) is 0 Å². The number of sulfonamides is 1. The molecule has 19 heavy (non-hydrogen) atoms. The number of likely N-dealkylation sites (N-methyl/N-ethyl adjacent to an activating group) is 1. The summed E-state index contributed by atoms with van der Waals surface area (Å²) in [6.07, 6.45) is 4.87. The SMILES string of the molecule is CNCC1CCCCN1S(=O)(=O)c1cncc(F)c1. The maximum Gasteiger partial charge on any atom is 0.245 e. The quantitative estimate of drug-likeness (QED) is 0.897. The van der Waals surface area contributed by atoms with E-state index < -0.39 is 15.8 Å². The van der Waals surface area contributed by atoms with E-state index in [0.717, 1.165) is 31.5 Å². The first-order chi connectivity index (χ1) is 9.05. The molecule has 2 rings (SSSR count). The summed E-state index contributed by atoms with van der Waals surface area (Å²) in [6.45, 7) is 1.08. The van der Waals surface area contributed by atoms with Crippen molar-refractivity contribution in [2.45, 2.75) is 30.2 Å². The van der Waals surface area contributed by atoms with Crippen molar-refractivity contribution in [1.29, 1.82) is 0 Å². The van der Waals surface area contributed by atoms with Gasteiger partial charge in [-0.2, -0.15) is 4.31 Å². The minimum absolute atomic E-state index is 0.0736. The number of piperidine rings is 1. The van der Waals surface area contributed by atoms with Crippen molar-refractivity contribution in [1.82, 2.24) is 14.6 Å². The highest BCUT2D eigenvalue weighted by molar-refractivity contribution is 7.89. The van der Waals surface area contributed by atoms with E-state index in [4.69, 9.17) is 0 Å². The van der Waals surface area contributed by atoms with Gasteiger partial charge in [0.05, 0.1) is 6.20 Å². The molecule has 1 aromatic heterocycles. The largest absolute Gasteiger partial charge is 0.318 e. The van der Waals surface area contributed by atoms with E-state index >= 15 is 0 Å². The zero-order chi connectivity index (χ0) is 13.9. The Morgan fingerprint density at radius 3 is 2.95 bits per heavy atom. The summed E-state index contributed by atoms with van der Waals surface area (Å²) in [6, 6.07) is 0.944. The van der Waals surface area contributed by atoms with Crippen molar-refractivity contribution in [3.05, 3.63) is 24.3 Å². The Balaban J connectivity index is 2.31. The number of halogens is 1. The molecule has 0 aromatic carbocycles. The van der Waals surface area contributed by atoms with Crippen molar-refractivity contribution < 1.29 is 12.8 Å². The average Bonchev–Trinajstić information content (AvgIpc) is 2.39. The molecule has 106 valence electrons. The molecule has 0 spiro atoms. The van der Waals surface area contributed by atoms with Gasteiger partial charge in [-0.05, 0) is 26.0 Å². The molecule has 0 amide bonds. The minimum atomic E-state index is -3.67. The second-order valence-corrected chi connectivity index (χ2v) is 6.55. The molecule has 5 nitrogen and oxygen atoms in total. The molecular formula is C12H18FN3O2S. The maximum atomic E-state index is 13.2. The van der Waals surface area contributed by atoms with Gasteiger partial charge in [0, 0.05) is 25.3 Å². The summed E-state index contributed by atoms with van der Waals surface area (Å²) < 4.78 is 39.6. The molecule has 1 aromatic rings. The highest BCUT2D eigenvalue weighted by Gasteiger charge is 2.33. The Hall–Kier alpha value is -1.05. The van der Waals surface area contributed by atoms with Gasteiger partial charge in [0.1, 0.15) is 10.7 Å². The average molecular weight is 287 g/mol. The summed E-state index contributed by atoms with van der Waals surface area (Å²) in [7, 11) is -1.87. The molecule has 1 aliphatic rings. The third-order valence-electron chi connectivity index (χ3n) is 3.30. The number of aromatic nitrogens is 1. The molecule has 1 aliphatic heterocycles. The lowest BCUT2D eigenvalue weighted by atomic mass is 10.1. The third kappa shape index (κ3) is 3.10. The van der Waals surface area contributed by atoms with Gasteiger partial charge in [-0.3, -0.25) is 4.98 Å². The van der Waals surface area contributed by atoms with Crippen LogP contribution in [0.3, 0.4) is 0 Å².